The van der Waals surface area contributed by atoms with E-state index in [1.54, 1.807) is 29.5 Å². The van der Waals surface area contributed by atoms with Crippen molar-refractivity contribution in [3.05, 3.63) is 31.0 Å². The van der Waals surface area contributed by atoms with Crippen LogP contribution in [0, 0.1) is 0 Å². The molecule has 0 radical (unpaired) electrons. The third-order valence-electron chi connectivity index (χ3n) is 5.39. The molecule has 4 heterocycles. The number of piperidine rings is 1. The van der Waals surface area contributed by atoms with Gasteiger partial charge in [-0.1, -0.05) is 0 Å². The molecule has 0 amide bonds. The van der Waals surface area contributed by atoms with E-state index in [4.69, 9.17) is 0 Å². The van der Waals surface area contributed by atoms with Crippen molar-refractivity contribution in [2.45, 2.75) is 30.9 Å². The van der Waals surface area contributed by atoms with Crippen LogP contribution in [0.5, 0.6) is 0 Å². The number of aromatic nitrogens is 4. The molecule has 2 fully saturated rings. The predicted octanol–water partition coefficient (Wildman–Crippen LogP) is 0.324. The van der Waals surface area contributed by atoms with Crippen LogP contribution in [0.1, 0.15) is 19.3 Å². The van der Waals surface area contributed by atoms with Crippen LogP contribution < -0.4 is 9.80 Å². The molecule has 2 N–H and O–H groups in total. The van der Waals surface area contributed by atoms with Crippen molar-refractivity contribution in [2.24, 2.45) is 0 Å². The molecular weight excluding hydrogens is 336 g/mol. The third-order valence-corrected chi connectivity index (χ3v) is 5.39. The highest BCUT2D eigenvalue weighted by Gasteiger charge is 2.43. The molecule has 2 aliphatic heterocycles. The van der Waals surface area contributed by atoms with Gasteiger partial charge in [0.25, 0.3) is 0 Å². The molecule has 2 aliphatic rings. The molecule has 2 saturated heterocycles. The number of aliphatic carboxylic acids is 1. The fourth-order valence-corrected chi connectivity index (χ4v) is 3.79. The molecule has 138 valence electrons. The van der Waals surface area contributed by atoms with Gasteiger partial charge in [-0.15, -0.1) is 0 Å². The van der Waals surface area contributed by atoms with Crippen molar-refractivity contribution in [3.63, 3.8) is 0 Å². The average molecular weight is 358 g/mol. The Kier molecular flexibility index (Phi) is 4.23. The largest absolute Gasteiger partial charge is 0.479 e. The normalized spacial score (nSPS) is 22.6. The number of hydrogen-bond donors (Lipinski definition) is 2. The molecule has 0 saturated carbocycles. The first kappa shape index (κ1) is 16.8. The first-order valence-corrected chi connectivity index (χ1v) is 8.81. The van der Waals surface area contributed by atoms with E-state index < -0.39 is 11.5 Å². The Morgan fingerprint density at radius 1 is 1.19 bits per heavy atom. The summed E-state index contributed by atoms with van der Waals surface area (Å²) in [5, 5.41) is 19.5. The monoisotopic (exact) mass is 358 g/mol. The molecule has 0 unspecified atom stereocenters. The van der Waals surface area contributed by atoms with E-state index in [0.29, 0.717) is 38.4 Å². The van der Waals surface area contributed by atoms with Gasteiger partial charge in [0.15, 0.2) is 0 Å². The van der Waals surface area contributed by atoms with Crippen LogP contribution >= 0.6 is 0 Å². The van der Waals surface area contributed by atoms with Crippen LogP contribution in [0.2, 0.25) is 0 Å². The highest BCUT2D eigenvalue weighted by atomic mass is 16.4. The zero-order valence-corrected chi connectivity index (χ0v) is 14.4. The number of carboxylic acids is 1. The summed E-state index contributed by atoms with van der Waals surface area (Å²) in [4.78, 5) is 29.0. The van der Waals surface area contributed by atoms with Gasteiger partial charge in [-0.3, -0.25) is 0 Å². The molecule has 9 nitrogen and oxygen atoms in total. The second-order valence-electron chi connectivity index (χ2n) is 6.90. The van der Waals surface area contributed by atoms with Gasteiger partial charge in [-0.05, 0) is 25.3 Å². The molecular formula is C17H22N6O3. The SMILES string of the molecule is O=C(O)C1(n2ccnc2)CCN(c2nccc(N3CC[C@@H](O)C3)n2)CC1. The number of β-amino-alcohol motifs (C(OH)–C–C–N with tert-alkyl or cyclic N) is 1. The number of aliphatic hydroxyl groups excluding tert-OH is 1. The molecule has 1 atom stereocenters. The molecule has 26 heavy (non-hydrogen) atoms. The van der Waals surface area contributed by atoms with Crippen molar-refractivity contribution in [2.75, 3.05) is 36.0 Å². The maximum atomic E-state index is 11.9. The predicted molar refractivity (Wildman–Crippen MR) is 94.2 cm³/mol. The minimum atomic E-state index is -0.969. The van der Waals surface area contributed by atoms with Crippen molar-refractivity contribution in [3.8, 4) is 0 Å². The standard InChI is InChI=1S/C17H22N6O3/c24-13-2-7-22(11-13)14-1-5-19-16(20-14)21-8-3-17(4-9-21,15(25)26)23-10-6-18-12-23/h1,5-6,10,12-13,24H,2-4,7-9,11H2,(H,25,26)/t13-/m1/s1. The van der Waals surface area contributed by atoms with Gasteiger partial charge < -0.3 is 24.6 Å². The minimum absolute atomic E-state index is 0.310. The number of carboxylic acid groups (broad SMARTS) is 1. The molecule has 9 heteroatoms. The number of rotatable bonds is 4. The number of imidazole rings is 1. The molecule has 0 spiro atoms. The number of carbonyl (C=O) groups is 1. The van der Waals surface area contributed by atoms with E-state index in [1.165, 1.54) is 0 Å². The van der Waals surface area contributed by atoms with Gasteiger partial charge in [-0.2, -0.15) is 4.98 Å². The lowest BCUT2D eigenvalue weighted by atomic mass is 9.87. The van der Waals surface area contributed by atoms with Crippen LogP contribution in [0.4, 0.5) is 11.8 Å². The van der Waals surface area contributed by atoms with E-state index in [0.717, 1.165) is 18.8 Å². The Morgan fingerprint density at radius 3 is 2.62 bits per heavy atom. The lowest BCUT2D eigenvalue weighted by molar-refractivity contribution is -0.148. The lowest BCUT2D eigenvalue weighted by Crippen LogP contribution is -2.51. The van der Waals surface area contributed by atoms with Crippen LogP contribution in [0.25, 0.3) is 0 Å². The summed E-state index contributed by atoms with van der Waals surface area (Å²) in [5.41, 5.74) is -0.969. The summed E-state index contributed by atoms with van der Waals surface area (Å²) in [7, 11) is 0. The first-order valence-electron chi connectivity index (χ1n) is 8.81. The van der Waals surface area contributed by atoms with Gasteiger partial charge in [0, 0.05) is 44.8 Å². The molecule has 2 aromatic heterocycles. The topological polar surface area (TPSA) is 108 Å². The van der Waals surface area contributed by atoms with Gasteiger partial charge in [0.2, 0.25) is 5.95 Å². The first-order chi connectivity index (χ1) is 12.6. The van der Waals surface area contributed by atoms with Crippen LogP contribution in [-0.4, -0.2) is 68.0 Å². The zero-order valence-electron chi connectivity index (χ0n) is 14.4. The fourth-order valence-electron chi connectivity index (χ4n) is 3.79. The number of hydrogen-bond acceptors (Lipinski definition) is 7. The highest BCUT2D eigenvalue weighted by Crippen LogP contribution is 2.32. The number of anilines is 2. The van der Waals surface area contributed by atoms with Crippen molar-refractivity contribution in [1.82, 2.24) is 19.5 Å². The quantitative estimate of drug-likeness (QED) is 0.805. The van der Waals surface area contributed by atoms with Gasteiger partial charge in [0.1, 0.15) is 11.4 Å². The second-order valence-corrected chi connectivity index (χ2v) is 6.90. The summed E-state index contributed by atoms with van der Waals surface area (Å²) in [6.45, 7) is 2.46. The van der Waals surface area contributed by atoms with E-state index in [1.807, 2.05) is 15.9 Å². The average Bonchev–Trinajstić information content (AvgIpc) is 3.34. The maximum absolute atomic E-state index is 11.9. The molecule has 2 aromatic rings. The van der Waals surface area contributed by atoms with Crippen molar-refractivity contribution >= 4 is 17.7 Å². The van der Waals surface area contributed by atoms with Crippen LogP contribution in [0.3, 0.4) is 0 Å². The molecule has 0 aromatic carbocycles. The van der Waals surface area contributed by atoms with Crippen LogP contribution in [0.15, 0.2) is 31.0 Å². The minimum Gasteiger partial charge on any atom is -0.479 e. The Bertz CT molecular complexity index is 773. The van der Waals surface area contributed by atoms with Gasteiger partial charge in [-0.25, -0.2) is 14.8 Å². The van der Waals surface area contributed by atoms with E-state index in [9.17, 15) is 15.0 Å². The van der Waals surface area contributed by atoms with Gasteiger partial charge in [0.05, 0.1) is 12.4 Å². The Labute approximate surface area is 150 Å². The van der Waals surface area contributed by atoms with E-state index >= 15 is 0 Å². The smallest absolute Gasteiger partial charge is 0.330 e. The van der Waals surface area contributed by atoms with E-state index in [-0.39, 0.29) is 6.10 Å². The van der Waals surface area contributed by atoms with Gasteiger partial charge >= 0.3 is 5.97 Å². The number of nitrogens with zero attached hydrogens (tertiary/aromatic N) is 6. The summed E-state index contributed by atoms with van der Waals surface area (Å²) >= 11 is 0. The summed E-state index contributed by atoms with van der Waals surface area (Å²) in [6, 6.07) is 1.85. The Hall–Kier alpha value is -2.68. The van der Waals surface area contributed by atoms with Crippen LogP contribution in [-0.2, 0) is 10.3 Å². The Morgan fingerprint density at radius 2 is 2.00 bits per heavy atom. The van der Waals surface area contributed by atoms with Crippen molar-refractivity contribution < 1.29 is 15.0 Å². The summed E-state index contributed by atoms with van der Waals surface area (Å²) in [5.74, 6) is 0.570. The summed E-state index contributed by atoms with van der Waals surface area (Å²) < 4.78 is 1.69. The third kappa shape index (κ3) is 2.88. The zero-order chi connectivity index (χ0) is 18.1. The maximum Gasteiger partial charge on any atom is 0.330 e. The van der Waals surface area contributed by atoms with E-state index in [2.05, 4.69) is 15.0 Å². The fraction of sp³-hybridized carbons (Fsp3) is 0.529. The van der Waals surface area contributed by atoms with Crippen molar-refractivity contribution in [1.29, 1.82) is 0 Å². The second kappa shape index (κ2) is 6.56. The Balaban J connectivity index is 1.50. The lowest BCUT2D eigenvalue weighted by Gasteiger charge is -2.39. The molecule has 4 rings (SSSR count). The highest BCUT2D eigenvalue weighted by molar-refractivity contribution is 5.77. The number of aliphatic hydroxyl groups is 1. The molecule has 0 aliphatic carbocycles. The molecule has 0 bridgehead atoms. The summed E-state index contributed by atoms with van der Waals surface area (Å²) in [6.07, 6.45) is 7.94.